The summed E-state index contributed by atoms with van der Waals surface area (Å²) in [6, 6.07) is 9.72. The number of hydrogen-bond acceptors (Lipinski definition) is 3. The number of hydrogen-bond donors (Lipinski definition) is 0. The second kappa shape index (κ2) is 6.89. The van der Waals surface area contributed by atoms with Gasteiger partial charge in [-0.05, 0) is 30.7 Å². The van der Waals surface area contributed by atoms with Crippen molar-refractivity contribution < 1.29 is 9.53 Å². The average molecular weight is 275 g/mol. The van der Waals surface area contributed by atoms with Crippen molar-refractivity contribution in [3.63, 3.8) is 0 Å². The van der Waals surface area contributed by atoms with Gasteiger partial charge in [0.25, 0.3) is 0 Å². The molecule has 1 saturated heterocycles. The summed E-state index contributed by atoms with van der Waals surface area (Å²) in [6.45, 7) is 8.74. The Morgan fingerprint density at radius 2 is 1.85 bits per heavy atom. The van der Waals surface area contributed by atoms with Crippen LogP contribution < -0.4 is 0 Å². The van der Waals surface area contributed by atoms with E-state index in [0.29, 0.717) is 18.4 Å². The maximum Gasteiger partial charge on any atom is 0.327 e. The van der Waals surface area contributed by atoms with Gasteiger partial charge in [0, 0.05) is 13.1 Å². The first kappa shape index (κ1) is 15.0. The Hall–Kier alpha value is -1.35. The number of esters is 1. The third-order valence-electron chi connectivity index (χ3n) is 3.89. The molecule has 0 aromatic heterocycles. The maximum atomic E-state index is 12.4. The molecule has 3 nitrogen and oxygen atoms in total. The molecule has 3 atom stereocenters. The van der Waals surface area contributed by atoms with Crippen LogP contribution in [0.5, 0.6) is 0 Å². The van der Waals surface area contributed by atoms with Crippen LogP contribution in [0.3, 0.4) is 0 Å². The zero-order valence-electron chi connectivity index (χ0n) is 12.7. The van der Waals surface area contributed by atoms with Crippen LogP contribution in [0.2, 0.25) is 0 Å². The van der Waals surface area contributed by atoms with Gasteiger partial charge in [-0.3, -0.25) is 4.90 Å². The minimum absolute atomic E-state index is 0.125. The molecule has 1 fully saturated rings. The summed E-state index contributed by atoms with van der Waals surface area (Å²) in [4.78, 5) is 14.7. The fourth-order valence-corrected chi connectivity index (χ4v) is 3.27. The van der Waals surface area contributed by atoms with Gasteiger partial charge in [-0.15, -0.1) is 0 Å². The van der Waals surface area contributed by atoms with Crippen molar-refractivity contribution in [1.29, 1.82) is 0 Å². The minimum Gasteiger partial charge on any atom is -0.465 e. The van der Waals surface area contributed by atoms with Gasteiger partial charge in [0.15, 0.2) is 0 Å². The third kappa shape index (κ3) is 3.60. The standard InChI is InChI=1S/C17H25NO2/c1-4-20-17(19)16(15-8-6-5-7-9-15)18-11-13(2)10-14(3)12-18/h5-9,13-14,16H,4,10-12H2,1-3H3. The van der Waals surface area contributed by atoms with Crippen LogP contribution in [0.25, 0.3) is 0 Å². The van der Waals surface area contributed by atoms with Crippen LogP contribution in [0.4, 0.5) is 0 Å². The van der Waals surface area contributed by atoms with Crippen molar-refractivity contribution >= 4 is 5.97 Å². The molecule has 1 aromatic carbocycles. The zero-order chi connectivity index (χ0) is 14.5. The molecule has 2 rings (SSSR count). The minimum atomic E-state index is -0.263. The monoisotopic (exact) mass is 275 g/mol. The second-order valence-electron chi connectivity index (χ2n) is 5.97. The van der Waals surface area contributed by atoms with Crippen molar-refractivity contribution in [2.24, 2.45) is 11.8 Å². The summed E-state index contributed by atoms with van der Waals surface area (Å²) in [7, 11) is 0. The first-order chi connectivity index (χ1) is 9.61. The lowest BCUT2D eigenvalue weighted by Crippen LogP contribution is -2.44. The maximum absolute atomic E-state index is 12.4. The van der Waals surface area contributed by atoms with Crippen LogP contribution in [0, 0.1) is 11.8 Å². The summed E-state index contributed by atoms with van der Waals surface area (Å²) in [6.07, 6.45) is 1.24. The molecule has 0 aliphatic carbocycles. The van der Waals surface area contributed by atoms with Gasteiger partial charge < -0.3 is 4.74 Å². The normalized spacial score (nSPS) is 25.1. The summed E-state index contributed by atoms with van der Waals surface area (Å²) in [5.41, 5.74) is 1.03. The van der Waals surface area contributed by atoms with Crippen LogP contribution in [0.15, 0.2) is 30.3 Å². The number of benzene rings is 1. The van der Waals surface area contributed by atoms with Crippen LogP contribution in [-0.4, -0.2) is 30.6 Å². The number of likely N-dealkylation sites (tertiary alicyclic amines) is 1. The second-order valence-corrected chi connectivity index (χ2v) is 5.97. The van der Waals surface area contributed by atoms with Crippen LogP contribution >= 0.6 is 0 Å². The summed E-state index contributed by atoms with van der Waals surface area (Å²) in [5.74, 6) is 1.12. The van der Waals surface area contributed by atoms with E-state index >= 15 is 0 Å². The molecule has 1 aliphatic rings. The zero-order valence-corrected chi connectivity index (χ0v) is 12.7. The van der Waals surface area contributed by atoms with E-state index < -0.39 is 0 Å². The number of nitrogens with zero attached hydrogens (tertiary/aromatic N) is 1. The topological polar surface area (TPSA) is 29.5 Å². The van der Waals surface area contributed by atoms with Crippen molar-refractivity contribution in [3.05, 3.63) is 35.9 Å². The van der Waals surface area contributed by atoms with E-state index in [-0.39, 0.29) is 12.0 Å². The Morgan fingerprint density at radius 3 is 2.40 bits per heavy atom. The van der Waals surface area contributed by atoms with Gasteiger partial charge >= 0.3 is 5.97 Å². The lowest BCUT2D eigenvalue weighted by molar-refractivity contribution is -0.151. The molecule has 3 unspecified atom stereocenters. The molecule has 1 aromatic rings. The first-order valence-electron chi connectivity index (χ1n) is 7.57. The fraction of sp³-hybridized carbons (Fsp3) is 0.588. The number of carbonyl (C=O) groups excluding carboxylic acids is 1. The third-order valence-corrected chi connectivity index (χ3v) is 3.89. The van der Waals surface area contributed by atoms with Gasteiger partial charge in [-0.2, -0.15) is 0 Å². The molecule has 110 valence electrons. The van der Waals surface area contributed by atoms with E-state index in [2.05, 4.69) is 18.7 Å². The molecule has 20 heavy (non-hydrogen) atoms. The Kier molecular flexibility index (Phi) is 5.18. The predicted octanol–water partition coefficient (Wildman–Crippen LogP) is 3.27. The van der Waals surface area contributed by atoms with Crippen molar-refractivity contribution in [1.82, 2.24) is 4.90 Å². The Balaban J connectivity index is 2.24. The van der Waals surface area contributed by atoms with E-state index in [1.807, 2.05) is 37.3 Å². The van der Waals surface area contributed by atoms with Gasteiger partial charge in [0.05, 0.1) is 6.61 Å². The highest BCUT2D eigenvalue weighted by Gasteiger charge is 2.33. The molecule has 0 N–H and O–H groups in total. The number of carbonyl (C=O) groups is 1. The fourth-order valence-electron chi connectivity index (χ4n) is 3.27. The molecule has 3 heteroatoms. The highest BCUT2D eigenvalue weighted by molar-refractivity contribution is 5.77. The van der Waals surface area contributed by atoms with E-state index in [4.69, 9.17) is 4.74 Å². The van der Waals surface area contributed by atoms with Crippen LogP contribution in [0.1, 0.15) is 38.8 Å². The molecule has 1 heterocycles. The summed E-state index contributed by atoms with van der Waals surface area (Å²) in [5, 5.41) is 0. The number of piperidine rings is 1. The smallest absolute Gasteiger partial charge is 0.327 e. The summed E-state index contributed by atoms with van der Waals surface area (Å²) >= 11 is 0. The van der Waals surface area contributed by atoms with Crippen molar-refractivity contribution in [3.8, 4) is 0 Å². The Bertz CT molecular complexity index is 422. The molecule has 0 saturated carbocycles. The van der Waals surface area contributed by atoms with E-state index in [1.165, 1.54) is 6.42 Å². The molecule has 0 radical (unpaired) electrons. The molecular formula is C17H25NO2. The number of rotatable bonds is 4. The lowest BCUT2D eigenvalue weighted by atomic mass is 9.89. The van der Waals surface area contributed by atoms with Crippen molar-refractivity contribution in [2.45, 2.75) is 33.2 Å². The van der Waals surface area contributed by atoms with Crippen LogP contribution in [-0.2, 0) is 9.53 Å². The summed E-state index contributed by atoms with van der Waals surface area (Å²) < 4.78 is 5.30. The predicted molar refractivity (Wildman–Crippen MR) is 80.3 cm³/mol. The number of ether oxygens (including phenoxy) is 1. The Labute approximate surface area is 121 Å². The van der Waals surface area contributed by atoms with E-state index in [0.717, 1.165) is 18.7 Å². The van der Waals surface area contributed by atoms with Gasteiger partial charge in [-0.1, -0.05) is 44.2 Å². The van der Waals surface area contributed by atoms with E-state index in [9.17, 15) is 4.79 Å². The molecule has 1 aliphatic heterocycles. The first-order valence-corrected chi connectivity index (χ1v) is 7.57. The van der Waals surface area contributed by atoms with Gasteiger partial charge in [0.1, 0.15) is 6.04 Å². The quantitative estimate of drug-likeness (QED) is 0.790. The van der Waals surface area contributed by atoms with Gasteiger partial charge in [0.2, 0.25) is 0 Å². The lowest BCUT2D eigenvalue weighted by Gasteiger charge is -2.39. The SMILES string of the molecule is CCOC(=O)C(c1ccccc1)N1CC(C)CC(C)C1. The van der Waals surface area contributed by atoms with Gasteiger partial charge in [-0.25, -0.2) is 4.79 Å². The van der Waals surface area contributed by atoms with Crippen molar-refractivity contribution in [2.75, 3.05) is 19.7 Å². The average Bonchev–Trinajstić information content (AvgIpc) is 2.39. The highest BCUT2D eigenvalue weighted by Crippen LogP contribution is 2.30. The highest BCUT2D eigenvalue weighted by atomic mass is 16.5. The molecule has 0 amide bonds. The largest absolute Gasteiger partial charge is 0.465 e. The molecule has 0 spiro atoms. The van der Waals surface area contributed by atoms with E-state index in [1.54, 1.807) is 0 Å². The molecular weight excluding hydrogens is 250 g/mol. The molecule has 0 bridgehead atoms. The Morgan fingerprint density at radius 1 is 1.25 bits per heavy atom.